The molecule has 0 aromatic carbocycles. The Morgan fingerprint density at radius 2 is 2.20 bits per heavy atom. The molecule has 6 heteroatoms. The highest BCUT2D eigenvalue weighted by molar-refractivity contribution is 6.30. The van der Waals surface area contributed by atoms with Crippen molar-refractivity contribution in [1.82, 2.24) is 4.98 Å². The average molecular weight is 231 g/mol. The lowest BCUT2D eigenvalue weighted by atomic mass is 10.0. The van der Waals surface area contributed by atoms with E-state index in [4.69, 9.17) is 17.3 Å². The third-order valence-corrected chi connectivity index (χ3v) is 2.35. The molecule has 0 saturated heterocycles. The summed E-state index contributed by atoms with van der Waals surface area (Å²) < 4.78 is 0. The van der Waals surface area contributed by atoms with Crippen molar-refractivity contribution < 1.29 is 15.0 Å². The Bertz CT molecular complexity index is 363. The largest absolute Gasteiger partial charge is 0.385 e. The summed E-state index contributed by atoms with van der Waals surface area (Å²) >= 11 is 5.74. The van der Waals surface area contributed by atoms with Crippen LogP contribution in [0.4, 0.5) is 0 Å². The third-order valence-electron chi connectivity index (χ3n) is 2.05. The molecule has 1 amide bonds. The summed E-state index contributed by atoms with van der Waals surface area (Å²) in [6.45, 7) is 1.68. The number of pyridine rings is 1. The van der Waals surface area contributed by atoms with Crippen LogP contribution in [0.3, 0.4) is 0 Å². The van der Waals surface area contributed by atoms with Crippen LogP contribution in [0.25, 0.3) is 0 Å². The third kappa shape index (κ3) is 2.44. The van der Waals surface area contributed by atoms with Crippen molar-refractivity contribution >= 4 is 17.5 Å². The first-order chi connectivity index (χ1) is 6.95. The molecule has 1 heterocycles. The molecule has 0 aliphatic heterocycles. The van der Waals surface area contributed by atoms with Crippen molar-refractivity contribution in [3.63, 3.8) is 0 Å². The van der Waals surface area contributed by atoms with E-state index in [-0.39, 0.29) is 10.7 Å². The fourth-order valence-corrected chi connectivity index (χ4v) is 1.52. The van der Waals surface area contributed by atoms with Gasteiger partial charge in [-0.1, -0.05) is 11.6 Å². The molecule has 2 unspecified atom stereocenters. The first kappa shape index (κ1) is 11.9. The van der Waals surface area contributed by atoms with Crippen LogP contribution in [-0.4, -0.2) is 27.2 Å². The highest BCUT2D eigenvalue weighted by Crippen LogP contribution is 2.26. The van der Waals surface area contributed by atoms with Crippen LogP contribution in [0.5, 0.6) is 0 Å². The highest BCUT2D eigenvalue weighted by Gasteiger charge is 2.26. The lowest BCUT2D eigenvalue weighted by Gasteiger charge is -2.17. The second-order valence-corrected chi connectivity index (χ2v) is 3.48. The van der Waals surface area contributed by atoms with Crippen molar-refractivity contribution in [3.8, 4) is 0 Å². The van der Waals surface area contributed by atoms with E-state index in [1.54, 1.807) is 13.0 Å². The minimum atomic E-state index is -1.69. The maximum absolute atomic E-state index is 10.7. The quantitative estimate of drug-likeness (QED) is 0.633. The molecule has 1 aromatic rings. The van der Waals surface area contributed by atoms with Crippen LogP contribution in [0.1, 0.15) is 17.2 Å². The van der Waals surface area contributed by atoms with Gasteiger partial charge in [0, 0.05) is 11.8 Å². The highest BCUT2D eigenvalue weighted by atomic mass is 35.5. The predicted octanol–water partition coefficient (Wildman–Crippen LogP) is -0.0770. The summed E-state index contributed by atoms with van der Waals surface area (Å²) in [4.78, 5) is 14.4. The van der Waals surface area contributed by atoms with Gasteiger partial charge < -0.3 is 15.9 Å². The zero-order valence-electron chi connectivity index (χ0n) is 8.01. The number of carbonyl (C=O) groups excluding carboxylic acids is 1. The summed E-state index contributed by atoms with van der Waals surface area (Å²) in [5.74, 6) is -1.01. The number of hydrogen-bond acceptors (Lipinski definition) is 4. The van der Waals surface area contributed by atoms with Crippen LogP contribution in [-0.2, 0) is 4.79 Å². The fraction of sp³-hybridized carbons (Fsp3) is 0.333. The summed E-state index contributed by atoms with van der Waals surface area (Å²) in [5.41, 5.74) is 5.70. The molecule has 5 nitrogen and oxygen atoms in total. The number of nitrogens with two attached hydrogens (primary N) is 1. The number of carbonyl (C=O) groups is 1. The zero-order valence-corrected chi connectivity index (χ0v) is 8.77. The van der Waals surface area contributed by atoms with Gasteiger partial charge in [-0.3, -0.25) is 4.79 Å². The average Bonchev–Trinajstić information content (AvgIpc) is 2.15. The van der Waals surface area contributed by atoms with Crippen LogP contribution >= 0.6 is 11.6 Å². The van der Waals surface area contributed by atoms with Crippen LogP contribution in [0, 0.1) is 6.92 Å². The van der Waals surface area contributed by atoms with E-state index in [1.165, 1.54) is 6.20 Å². The maximum Gasteiger partial charge on any atom is 0.249 e. The Morgan fingerprint density at radius 1 is 1.60 bits per heavy atom. The van der Waals surface area contributed by atoms with Crippen LogP contribution in [0.15, 0.2) is 12.3 Å². The van der Waals surface area contributed by atoms with Gasteiger partial charge in [0.25, 0.3) is 0 Å². The Morgan fingerprint density at radius 3 is 2.67 bits per heavy atom. The SMILES string of the molecule is Cc1ccnc(Cl)c1C(O)C(O)C(N)=O. The van der Waals surface area contributed by atoms with Gasteiger partial charge in [0.2, 0.25) is 5.91 Å². The van der Waals surface area contributed by atoms with E-state index in [0.29, 0.717) is 5.56 Å². The Labute approximate surface area is 91.5 Å². The van der Waals surface area contributed by atoms with Gasteiger partial charge in [-0.25, -0.2) is 4.98 Å². The normalized spacial score (nSPS) is 14.7. The van der Waals surface area contributed by atoms with E-state index in [2.05, 4.69) is 4.98 Å². The molecule has 15 heavy (non-hydrogen) atoms. The number of aryl methyl sites for hydroxylation is 1. The molecule has 4 N–H and O–H groups in total. The molecule has 0 radical (unpaired) electrons. The Hall–Kier alpha value is -1.17. The fourth-order valence-electron chi connectivity index (χ4n) is 1.21. The number of aliphatic hydroxyl groups excluding tert-OH is 2. The molecule has 82 valence electrons. The first-order valence-electron chi connectivity index (χ1n) is 4.21. The summed E-state index contributed by atoms with van der Waals surface area (Å²) in [7, 11) is 0. The maximum atomic E-state index is 10.7. The second-order valence-electron chi connectivity index (χ2n) is 3.12. The Kier molecular flexibility index (Phi) is 3.62. The molecule has 0 aliphatic carbocycles. The van der Waals surface area contributed by atoms with Crippen molar-refractivity contribution in [1.29, 1.82) is 0 Å². The van der Waals surface area contributed by atoms with Crippen molar-refractivity contribution in [2.24, 2.45) is 5.73 Å². The van der Waals surface area contributed by atoms with E-state index in [1.807, 2.05) is 0 Å². The minimum absolute atomic E-state index is 0.0443. The lowest BCUT2D eigenvalue weighted by molar-refractivity contribution is -0.132. The molecular weight excluding hydrogens is 220 g/mol. The van der Waals surface area contributed by atoms with Crippen molar-refractivity contribution in [2.75, 3.05) is 0 Å². The summed E-state index contributed by atoms with van der Waals surface area (Å²) in [5, 5.41) is 19.0. The number of nitrogens with zero attached hydrogens (tertiary/aromatic N) is 1. The molecule has 1 rings (SSSR count). The molecule has 0 spiro atoms. The van der Waals surface area contributed by atoms with Crippen LogP contribution < -0.4 is 5.73 Å². The number of rotatable bonds is 3. The van der Waals surface area contributed by atoms with E-state index >= 15 is 0 Å². The minimum Gasteiger partial charge on any atom is -0.385 e. The van der Waals surface area contributed by atoms with Crippen LogP contribution in [0.2, 0.25) is 5.15 Å². The molecule has 0 bridgehead atoms. The topological polar surface area (TPSA) is 96.4 Å². The van der Waals surface area contributed by atoms with Gasteiger partial charge in [0.15, 0.2) is 6.10 Å². The van der Waals surface area contributed by atoms with E-state index < -0.39 is 18.1 Å². The van der Waals surface area contributed by atoms with Gasteiger partial charge in [-0.05, 0) is 18.6 Å². The van der Waals surface area contributed by atoms with E-state index in [0.717, 1.165) is 0 Å². The molecule has 0 saturated carbocycles. The smallest absolute Gasteiger partial charge is 0.249 e. The summed E-state index contributed by atoms with van der Waals surface area (Å²) in [6, 6.07) is 1.61. The number of halogens is 1. The number of aromatic nitrogens is 1. The van der Waals surface area contributed by atoms with Gasteiger partial charge in [-0.15, -0.1) is 0 Å². The molecule has 1 aromatic heterocycles. The summed E-state index contributed by atoms with van der Waals surface area (Å²) in [6.07, 6.45) is -1.68. The van der Waals surface area contributed by atoms with Gasteiger partial charge >= 0.3 is 0 Å². The van der Waals surface area contributed by atoms with Crippen molar-refractivity contribution in [3.05, 3.63) is 28.5 Å². The Balaban J connectivity index is 3.10. The predicted molar refractivity (Wildman–Crippen MR) is 54.1 cm³/mol. The lowest BCUT2D eigenvalue weighted by Crippen LogP contribution is -2.34. The molecule has 2 atom stereocenters. The monoisotopic (exact) mass is 230 g/mol. The number of hydrogen-bond donors (Lipinski definition) is 3. The van der Waals surface area contributed by atoms with Gasteiger partial charge in [0.1, 0.15) is 11.3 Å². The molecule has 0 fully saturated rings. The van der Waals surface area contributed by atoms with Gasteiger partial charge in [0.05, 0.1) is 0 Å². The first-order valence-corrected chi connectivity index (χ1v) is 4.59. The molecular formula is C9H11ClN2O3. The van der Waals surface area contributed by atoms with E-state index in [9.17, 15) is 15.0 Å². The standard InChI is InChI=1S/C9H11ClN2O3/c1-4-2-3-12-8(10)5(4)6(13)7(14)9(11)15/h2-3,6-7,13-14H,1H3,(H2,11,15). The van der Waals surface area contributed by atoms with Crippen molar-refractivity contribution in [2.45, 2.75) is 19.1 Å². The number of primary amides is 1. The number of amides is 1. The second kappa shape index (κ2) is 4.57. The molecule has 0 aliphatic rings. The zero-order chi connectivity index (χ0) is 11.6. The van der Waals surface area contributed by atoms with Gasteiger partial charge in [-0.2, -0.15) is 0 Å². The number of aliphatic hydroxyl groups is 2.